The second-order valence-electron chi connectivity index (χ2n) is 10.3. The van der Waals surface area contributed by atoms with Gasteiger partial charge in [0.05, 0.1) is 16.8 Å². The molecule has 0 saturated carbocycles. The highest BCUT2D eigenvalue weighted by Gasteiger charge is 2.70. The smallest absolute Gasteiger partial charge is 0.238 e. The van der Waals surface area contributed by atoms with E-state index in [1.807, 2.05) is 84.0 Å². The number of benzene rings is 3. The largest absolute Gasteiger partial charge is 0.352 e. The Kier molecular flexibility index (Phi) is 5.41. The van der Waals surface area contributed by atoms with Gasteiger partial charge in [-0.2, -0.15) is 0 Å². The number of aryl methyl sites for hydroxylation is 1. The standard InChI is InChI=1S/C32H23ClN2O3S/c1-18-8-10-19(11-9-18)29(36)27-28(30(37)25-7-4-16-39-25)35-24-14-13-21(33)17-20(24)12-15-26(35)32(27)22-5-2-3-6-23(22)34-31(32)38/h2-17,26-28H,1H3,(H,34,38). The van der Waals surface area contributed by atoms with Gasteiger partial charge in [0.15, 0.2) is 11.6 Å². The van der Waals surface area contributed by atoms with Gasteiger partial charge in [-0.05, 0) is 53.8 Å². The van der Waals surface area contributed by atoms with Crippen molar-refractivity contribution in [2.24, 2.45) is 5.92 Å². The number of Topliss-reactive ketones (excluding diaryl/α,β-unsaturated/α-hetero) is 2. The van der Waals surface area contributed by atoms with Crippen LogP contribution in [0.1, 0.15) is 36.7 Å². The zero-order chi connectivity index (χ0) is 26.9. The van der Waals surface area contributed by atoms with Crippen molar-refractivity contribution in [1.29, 1.82) is 0 Å². The van der Waals surface area contributed by atoms with E-state index in [9.17, 15) is 14.4 Å². The molecular formula is C32H23ClN2O3S. The van der Waals surface area contributed by atoms with Crippen molar-refractivity contribution in [2.45, 2.75) is 24.4 Å². The average Bonchev–Trinajstić information content (AvgIpc) is 3.65. The number of anilines is 2. The van der Waals surface area contributed by atoms with Crippen molar-refractivity contribution in [3.63, 3.8) is 0 Å². The van der Waals surface area contributed by atoms with Crippen LogP contribution in [0.3, 0.4) is 0 Å². The Balaban J connectivity index is 1.54. The molecule has 0 aliphatic carbocycles. The molecule has 39 heavy (non-hydrogen) atoms. The second kappa shape index (κ2) is 8.76. The molecule has 7 rings (SSSR count). The summed E-state index contributed by atoms with van der Waals surface area (Å²) < 4.78 is 0. The monoisotopic (exact) mass is 550 g/mol. The van der Waals surface area contributed by atoms with Crippen LogP contribution in [0.15, 0.2) is 90.3 Å². The number of rotatable bonds is 4. The van der Waals surface area contributed by atoms with Crippen LogP contribution in [0, 0.1) is 12.8 Å². The Morgan fingerprint density at radius 2 is 1.77 bits per heavy atom. The van der Waals surface area contributed by atoms with E-state index in [-0.39, 0.29) is 17.5 Å². The molecule has 1 spiro atoms. The lowest BCUT2D eigenvalue weighted by molar-refractivity contribution is -0.121. The Morgan fingerprint density at radius 1 is 0.974 bits per heavy atom. The molecule has 3 aromatic carbocycles. The minimum absolute atomic E-state index is 0.175. The summed E-state index contributed by atoms with van der Waals surface area (Å²) in [5.41, 5.74) is 3.21. The van der Waals surface area contributed by atoms with Gasteiger partial charge in [-0.3, -0.25) is 14.4 Å². The molecule has 1 N–H and O–H groups in total. The van der Waals surface area contributed by atoms with Crippen LogP contribution >= 0.6 is 22.9 Å². The maximum atomic E-state index is 14.7. The number of hydrogen-bond donors (Lipinski definition) is 1. The number of fused-ring (bicyclic) bond motifs is 6. The maximum Gasteiger partial charge on any atom is 0.238 e. The van der Waals surface area contributed by atoms with Crippen LogP contribution in [0.2, 0.25) is 5.02 Å². The average molecular weight is 551 g/mol. The van der Waals surface area contributed by atoms with Gasteiger partial charge in [-0.1, -0.05) is 77.8 Å². The SMILES string of the molecule is Cc1ccc(C(=O)C2C(C(=O)c3cccs3)N3c4ccc(Cl)cc4C=CC3C23C(=O)Nc2ccccc23)cc1. The zero-order valence-electron chi connectivity index (χ0n) is 20.9. The Labute approximate surface area is 234 Å². The van der Waals surface area contributed by atoms with Crippen LogP contribution in [-0.4, -0.2) is 29.6 Å². The van der Waals surface area contributed by atoms with Gasteiger partial charge < -0.3 is 10.2 Å². The van der Waals surface area contributed by atoms with E-state index in [1.165, 1.54) is 11.3 Å². The highest BCUT2D eigenvalue weighted by Crippen LogP contribution is 2.58. The van der Waals surface area contributed by atoms with E-state index in [1.54, 1.807) is 24.3 Å². The molecule has 1 saturated heterocycles. The van der Waals surface area contributed by atoms with Gasteiger partial charge in [0.2, 0.25) is 5.91 Å². The first kappa shape index (κ1) is 24.1. The lowest BCUT2D eigenvalue weighted by atomic mass is 9.64. The fourth-order valence-electron chi connectivity index (χ4n) is 6.61. The van der Waals surface area contributed by atoms with Crippen LogP contribution in [0.5, 0.6) is 0 Å². The minimum atomic E-state index is -1.32. The number of thiophene rings is 1. The van der Waals surface area contributed by atoms with Crippen molar-refractivity contribution < 1.29 is 14.4 Å². The van der Waals surface area contributed by atoms with Gasteiger partial charge >= 0.3 is 0 Å². The predicted octanol–water partition coefficient (Wildman–Crippen LogP) is 6.57. The quantitative estimate of drug-likeness (QED) is 0.292. The van der Waals surface area contributed by atoms with Gasteiger partial charge in [0, 0.05) is 22.0 Å². The molecule has 5 nitrogen and oxygen atoms in total. The van der Waals surface area contributed by atoms with Gasteiger partial charge in [-0.25, -0.2) is 0 Å². The molecule has 7 heteroatoms. The topological polar surface area (TPSA) is 66.5 Å². The Bertz CT molecular complexity index is 1690. The number of para-hydroxylation sites is 1. The van der Waals surface area contributed by atoms with E-state index < -0.39 is 23.4 Å². The van der Waals surface area contributed by atoms with Gasteiger partial charge in [0.25, 0.3) is 0 Å². The number of ketones is 2. The summed E-state index contributed by atoms with van der Waals surface area (Å²) in [6, 6.07) is 22.5. The van der Waals surface area contributed by atoms with Crippen LogP contribution < -0.4 is 10.2 Å². The predicted molar refractivity (Wildman–Crippen MR) is 155 cm³/mol. The first-order valence-corrected chi connectivity index (χ1v) is 14.0. The minimum Gasteiger partial charge on any atom is -0.352 e. The summed E-state index contributed by atoms with van der Waals surface area (Å²) in [7, 11) is 0. The fraction of sp³-hybridized carbons (Fsp3) is 0.156. The van der Waals surface area contributed by atoms with E-state index in [0.717, 1.165) is 22.4 Å². The van der Waals surface area contributed by atoms with E-state index in [0.29, 0.717) is 21.2 Å². The Hall–Kier alpha value is -4.00. The van der Waals surface area contributed by atoms with E-state index in [2.05, 4.69) is 5.32 Å². The summed E-state index contributed by atoms with van der Waals surface area (Å²) in [5, 5.41) is 5.48. The molecule has 3 aliphatic rings. The molecule has 1 fully saturated rings. The third kappa shape index (κ3) is 3.35. The van der Waals surface area contributed by atoms with Gasteiger partial charge in [-0.15, -0.1) is 11.3 Å². The van der Waals surface area contributed by atoms with Crippen LogP contribution in [0.25, 0.3) is 6.08 Å². The summed E-state index contributed by atoms with van der Waals surface area (Å²) in [4.78, 5) is 45.9. The van der Waals surface area contributed by atoms with E-state index in [4.69, 9.17) is 11.6 Å². The lowest BCUT2D eigenvalue weighted by Gasteiger charge is -2.37. The normalized spacial score (nSPS) is 24.3. The number of nitrogens with one attached hydrogen (secondary N) is 1. The molecule has 3 aliphatic heterocycles. The van der Waals surface area contributed by atoms with Crippen molar-refractivity contribution >= 4 is 57.9 Å². The highest BCUT2D eigenvalue weighted by molar-refractivity contribution is 7.12. The van der Waals surface area contributed by atoms with Crippen molar-refractivity contribution in [3.8, 4) is 0 Å². The highest BCUT2D eigenvalue weighted by atomic mass is 35.5. The molecule has 4 unspecified atom stereocenters. The van der Waals surface area contributed by atoms with E-state index >= 15 is 0 Å². The molecule has 4 aromatic rings. The number of halogens is 1. The number of hydrogen-bond acceptors (Lipinski definition) is 5. The number of carbonyl (C=O) groups is 3. The molecule has 1 aromatic heterocycles. The summed E-state index contributed by atoms with van der Waals surface area (Å²) in [6.45, 7) is 1.96. The summed E-state index contributed by atoms with van der Waals surface area (Å²) >= 11 is 7.69. The zero-order valence-corrected chi connectivity index (χ0v) is 22.5. The first-order valence-electron chi connectivity index (χ1n) is 12.8. The second-order valence-corrected chi connectivity index (χ2v) is 11.7. The van der Waals surface area contributed by atoms with Crippen LogP contribution in [-0.2, 0) is 10.2 Å². The molecule has 0 radical (unpaired) electrons. The number of carbonyl (C=O) groups excluding carboxylic acids is 3. The summed E-state index contributed by atoms with van der Waals surface area (Å²) in [5.74, 6) is -1.65. The number of nitrogens with zero attached hydrogens (tertiary/aromatic N) is 1. The molecule has 1 amide bonds. The van der Waals surface area contributed by atoms with Crippen molar-refractivity contribution in [1.82, 2.24) is 0 Å². The molecule has 4 atom stereocenters. The van der Waals surface area contributed by atoms with Crippen molar-refractivity contribution in [3.05, 3.63) is 122 Å². The molecule has 192 valence electrons. The number of amides is 1. The fourth-order valence-corrected chi connectivity index (χ4v) is 7.49. The molecule has 4 heterocycles. The van der Waals surface area contributed by atoms with Crippen LogP contribution in [0.4, 0.5) is 11.4 Å². The third-order valence-corrected chi connectivity index (χ3v) is 9.37. The third-order valence-electron chi connectivity index (χ3n) is 8.25. The summed E-state index contributed by atoms with van der Waals surface area (Å²) in [6.07, 6.45) is 3.90. The van der Waals surface area contributed by atoms with Gasteiger partial charge in [0.1, 0.15) is 11.5 Å². The first-order chi connectivity index (χ1) is 18.9. The lowest BCUT2D eigenvalue weighted by Crippen LogP contribution is -2.51. The molecular weight excluding hydrogens is 528 g/mol. The molecule has 0 bridgehead atoms. The Morgan fingerprint density at radius 3 is 2.54 bits per heavy atom. The van der Waals surface area contributed by atoms with Crippen molar-refractivity contribution in [2.75, 3.05) is 10.2 Å². The maximum absolute atomic E-state index is 14.7.